The first-order valence-corrected chi connectivity index (χ1v) is 6.35. The summed E-state index contributed by atoms with van der Waals surface area (Å²) in [6.45, 7) is 8.30. The Morgan fingerprint density at radius 1 is 1.14 bits per heavy atom. The van der Waals surface area contributed by atoms with Crippen LogP contribution in [0.15, 0.2) is 0 Å². The summed E-state index contributed by atoms with van der Waals surface area (Å²) in [6.07, 6.45) is 7.06. The average molecular weight is 197 g/mol. The second-order valence-electron chi connectivity index (χ2n) is 5.29. The molecule has 0 saturated heterocycles. The fraction of sp³-hybridized carbons (Fsp3) is 1.00. The summed E-state index contributed by atoms with van der Waals surface area (Å²) in [5.41, 5.74) is 0. The van der Waals surface area contributed by atoms with Gasteiger partial charge in [-0.15, -0.1) is 0 Å². The minimum Gasteiger partial charge on any atom is -0.303 e. The van der Waals surface area contributed by atoms with Crippen molar-refractivity contribution in [1.29, 1.82) is 0 Å². The fourth-order valence-corrected chi connectivity index (χ4v) is 2.74. The molecular formula is C13H27N. The molecule has 0 amide bonds. The largest absolute Gasteiger partial charge is 0.303 e. The standard InChI is InChI=1S/C13H27N/c1-5-10-14(4)13-8-6-12(7-9-13)11(2)3/h11-13H,5-10H2,1-4H3. The Bertz CT molecular complexity index is 145. The Hall–Kier alpha value is -0.0400. The Kier molecular flexibility index (Phi) is 4.94. The molecular weight excluding hydrogens is 170 g/mol. The summed E-state index contributed by atoms with van der Waals surface area (Å²) < 4.78 is 0. The molecule has 14 heavy (non-hydrogen) atoms. The van der Waals surface area contributed by atoms with Crippen LogP contribution in [0.4, 0.5) is 0 Å². The summed E-state index contributed by atoms with van der Waals surface area (Å²) in [7, 11) is 2.30. The van der Waals surface area contributed by atoms with Crippen molar-refractivity contribution in [1.82, 2.24) is 4.90 Å². The van der Waals surface area contributed by atoms with Crippen molar-refractivity contribution in [3.63, 3.8) is 0 Å². The number of nitrogens with zero attached hydrogens (tertiary/aromatic N) is 1. The highest BCUT2D eigenvalue weighted by molar-refractivity contribution is 4.79. The molecule has 0 bridgehead atoms. The second kappa shape index (κ2) is 5.75. The highest BCUT2D eigenvalue weighted by Crippen LogP contribution is 2.31. The van der Waals surface area contributed by atoms with Gasteiger partial charge in [-0.25, -0.2) is 0 Å². The van der Waals surface area contributed by atoms with Gasteiger partial charge in [0.05, 0.1) is 0 Å². The molecule has 84 valence electrons. The molecule has 1 rings (SSSR count). The predicted octanol–water partition coefficient (Wildman–Crippen LogP) is 3.54. The molecule has 0 aliphatic heterocycles. The summed E-state index contributed by atoms with van der Waals surface area (Å²) in [5, 5.41) is 0. The van der Waals surface area contributed by atoms with Crippen molar-refractivity contribution >= 4 is 0 Å². The molecule has 1 heteroatoms. The van der Waals surface area contributed by atoms with E-state index in [2.05, 4.69) is 32.7 Å². The van der Waals surface area contributed by atoms with E-state index in [1.54, 1.807) is 0 Å². The highest BCUT2D eigenvalue weighted by Gasteiger charge is 2.24. The Labute approximate surface area is 89.9 Å². The lowest BCUT2D eigenvalue weighted by atomic mass is 9.79. The molecule has 0 aromatic carbocycles. The van der Waals surface area contributed by atoms with Crippen LogP contribution in [0, 0.1) is 11.8 Å². The van der Waals surface area contributed by atoms with Crippen LogP contribution in [0.25, 0.3) is 0 Å². The maximum Gasteiger partial charge on any atom is 0.00924 e. The maximum atomic E-state index is 2.57. The van der Waals surface area contributed by atoms with Gasteiger partial charge in [0.25, 0.3) is 0 Å². The minimum atomic E-state index is 0.880. The number of rotatable bonds is 4. The lowest BCUT2D eigenvalue weighted by molar-refractivity contribution is 0.147. The zero-order valence-electron chi connectivity index (χ0n) is 10.4. The molecule has 0 atom stereocenters. The summed E-state index contributed by atoms with van der Waals surface area (Å²) in [6, 6.07) is 0.880. The summed E-state index contributed by atoms with van der Waals surface area (Å²) in [4.78, 5) is 2.57. The third kappa shape index (κ3) is 3.27. The van der Waals surface area contributed by atoms with E-state index < -0.39 is 0 Å². The molecule has 0 aromatic heterocycles. The van der Waals surface area contributed by atoms with E-state index in [1.165, 1.54) is 38.6 Å². The van der Waals surface area contributed by atoms with Gasteiger partial charge in [-0.05, 0) is 57.5 Å². The number of hydrogen-bond acceptors (Lipinski definition) is 1. The van der Waals surface area contributed by atoms with E-state index in [-0.39, 0.29) is 0 Å². The van der Waals surface area contributed by atoms with Gasteiger partial charge in [-0.1, -0.05) is 20.8 Å². The van der Waals surface area contributed by atoms with Gasteiger partial charge in [-0.3, -0.25) is 0 Å². The molecule has 0 spiro atoms. The van der Waals surface area contributed by atoms with Gasteiger partial charge in [0.15, 0.2) is 0 Å². The van der Waals surface area contributed by atoms with Crippen LogP contribution < -0.4 is 0 Å². The van der Waals surface area contributed by atoms with Crippen LogP contribution in [0.5, 0.6) is 0 Å². The molecule has 1 aliphatic rings. The zero-order valence-corrected chi connectivity index (χ0v) is 10.4. The molecule has 0 radical (unpaired) electrons. The second-order valence-corrected chi connectivity index (χ2v) is 5.29. The van der Waals surface area contributed by atoms with E-state index in [0.29, 0.717) is 0 Å². The Morgan fingerprint density at radius 2 is 1.71 bits per heavy atom. The van der Waals surface area contributed by atoms with Crippen molar-refractivity contribution in [2.24, 2.45) is 11.8 Å². The van der Waals surface area contributed by atoms with Crippen molar-refractivity contribution in [2.75, 3.05) is 13.6 Å². The van der Waals surface area contributed by atoms with Gasteiger partial charge in [0.2, 0.25) is 0 Å². The van der Waals surface area contributed by atoms with E-state index in [9.17, 15) is 0 Å². The van der Waals surface area contributed by atoms with Gasteiger partial charge in [0.1, 0.15) is 0 Å². The molecule has 0 N–H and O–H groups in total. The van der Waals surface area contributed by atoms with Gasteiger partial charge in [0, 0.05) is 6.04 Å². The van der Waals surface area contributed by atoms with Crippen molar-refractivity contribution in [3.05, 3.63) is 0 Å². The van der Waals surface area contributed by atoms with Gasteiger partial charge >= 0.3 is 0 Å². The van der Waals surface area contributed by atoms with Crippen LogP contribution in [0.3, 0.4) is 0 Å². The number of hydrogen-bond donors (Lipinski definition) is 0. The van der Waals surface area contributed by atoms with E-state index >= 15 is 0 Å². The van der Waals surface area contributed by atoms with E-state index in [4.69, 9.17) is 0 Å². The monoisotopic (exact) mass is 197 g/mol. The van der Waals surface area contributed by atoms with Crippen molar-refractivity contribution < 1.29 is 0 Å². The first-order valence-electron chi connectivity index (χ1n) is 6.35. The molecule has 0 aromatic rings. The van der Waals surface area contributed by atoms with Crippen LogP contribution in [-0.4, -0.2) is 24.5 Å². The molecule has 1 fully saturated rings. The maximum absolute atomic E-state index is 2.57. The van der Waals surface area contributed by atoms with Crippen LogP contribution in [0.2, 0.25) is 0 Å². The van der Waals surface area contributed by atoms with Crippen LogP contribution in [-0.2, 0) is 0 Å². The normalized spacial score (nSPS) is 28.7. The Balaban J connectivity index is 2.28. The summed E-state index contributed by atoms with van der Waals surface area (Å²) in [5.74, 6) is 1.90. The molecule has 1 aliphatic carbocycles. The van der Waals surface area contributed by atoms with Crippen molar-refractivity contribution in [3.8, 4) is 0 Å². The predicted molar refractivity (Wildman–Crippen MR) is 63.5 cm³/mol. The third-order valence-corrected chi connectivity index (χ3v) is 3.88. The third-order valence-electron chi connectivity index (χ3n) is 3.88. The summed E-state index contributed by atoms with van der Waals surface area (Å²) >= 11 is 0. The molecule has 1 saturated carbocycles. The van der Waals surface area contributed by atoms with Crippen LogP contribution in [0.1, 0.15) is 52.9 Å². The van der Waals surface area contributed by atoms with Gasteiger partial charge in [-0.2, -0.15) is 0 Å². The minimum absolute atomic E-state index is 0.880. The van der Waals surface area contributed by atoms with E-state index in [0.717, 1.165) is 17.9 Å². The quantitative estimate of drug-likeness (QED) is 0.666. The zero-order chi connectivity index (χ0) is 10.6. The molecule has 1 nitrogen and oxygen atoms in total. The highest BCUT2D eigenvalue weighted by atomic mass is 15.1. The average Bonchev–Trinajstić information content (AvgIpc) is 2.18. The smallest absolute Gasteiger partial charge is 0.00924 e. The van der Waals surface area contributed by atoms with Crippen LogP contribution >= 0.6 is 0 Å². The molecule has 0 unspecified atom stereocenters. The Morgan fingerprint density at radius 3 is 2.14 bits per heavy atom. The molecule has 0 heterocycles. The SMILES string of the molecule is CCCN(C)C1CCC(C(C)C)CC1. The first kappa shape index (κ1) is 12.0. The van der Waals surface area contributed by atoms with Gasteiger partial charge < -0.3 is 4.90 Å². The lowest BCUT2D eigenvalue weighted by Crippen LogP contribution is -2.36. The van der Waals surface area contributed by atoms with Crippen molar-refractivity contribution in [2.45, 2.75) is 58.9 Å². The lowest BCUT2D eigenvalue weighted by Gasteiger charge is -2.36. The van der Waals surface area contributed by atoms with E-state index in [1.807, 2.05) is 0 Å². The topological polar surface area (TPSA) is 3.24 Å². The first-order chi connectivity index (χ1) is 6.65. The fourth-order valence-electron chi connectivity index (χ4n) is 2.74.